The minimum absolute atomic E-state index is 0.161. The van der Waals surface area contributed by atoms with Gasteiger partial charge in [0.1, 0.15) is 6.54 Å². The van der Waals surface area contributed by atoms with E-state index in [4.69, 9.17) is 11.5 Å². The maximum Gasteiger partial charge on any atom is 0.323 e. The Morgan fingerprint density at radius 1 is 1.40 bits per heavy atom. The van der Waals surface area contributed by atoms with Crippen LogP contribution in [0.2, 0.25) is 0 Å². The second-order valence-corrected chi connectivity index (χ2v) is 3.91. The predicted octanol–water partition coefficient (Wildman–Crippen LogP) is 0.684. The van der Waals surface area contributed by atoms with E-state index in [1.165, 1.54) is 18.2 Å². The van der Waals surface area contributed by atoms with Gasteiger partial charge in [-0.3, -0.25) is 19.7 Å². The van der Waals surface area contributed by atoms with Crippen LogP contribution >= 0.6 is 0 Å². The minimum atomic E-state index is -1.20. The zero-order chi connectivity index (χ0) is 15.1. The standard InChI is InChI=1S/C13H12N2O5/c1-2-7-14(9-13(17)18)12(16)8-10-5-3-4-6-11(10)15(19)20/h1,3-6H,7-9H2,(H,17,18). The monoisotopic (exact) mass is 276 g/mol. The normalized spacial score (nSPS) is 9.55. The average molecular weight is 276 g/mol. The first-order chi connectivity index (χ1) is 9.45. The van der Waals surface area contributed by atoms with E-state index >= 15 is 0 Å². The number of nitrogens with zero attached hydrogens (tertiary/aromatic N) is 2. The number of para-hydroxylation sites is 1. The summed E-state index contributed by atoms with van der Waals surface area (Å²) in [6, 6.07) is 5.79. The average Bonchev–Trinajstić information content (AvgIpc) is 2.38. The summed E-state index contributed by atoms with van der Waals surface area (Å²) in [4.78, 5) is 33.8. The lowest BCUT2D eigenvalue weighted by atomic mass is 10.1. The van der Waals surface area contributed by atoms with E-state index in [0.717, 1.165) is 4.90 Å². The molecule has 0 aliphatic rings. The smallest absolute Gasteiger partial charge is 0.323 e. The molecule has 0 saturated carbocycles. The third-order valence-electron chi connectivity index (χ3n) is 2.49. The van der Waals surface area contributed by atoms with Gasteiger partial charge in [0, 0.05) is 11.6 Å². The Labute approximate surface area is 115 Å². The molecule has 7 nitrogen and oxygen atoms in total. The van der Waals surface area contributed by atoms with Gasteiger partial charge in [-0.1, -0.05) is 24.1 Å². The van der Waals surface area contributed by atoms with Crippen molar-refractivity contribution >= 4 is 17.6 Å². The number of aliphatic carboxylic acids is 1. The number of carboxylic acids is 1. The van der Waals surface area contributed by atoms with Crippen LogP contribution in [0, 0.1) is 22.5 Å². The number of terminal acetylenes is 1. The molecule has 0 radical (unpaired) electrons. The summed E-state index contributed by atoms with van der Waals surface area (Å²) < 4.78 is 0. The Balaban J connectivity index is 2.91. The second kappa shape index (κ2) is 6.89. The van der Waals surface area contributed by atoms with E-state index in [-0.39, 0.29) is 24.2 Å². The van der Waals surface area contributed by atoms with Gasteiger partial charge in [0.05, 0.1) is 17.9 Å². The number of amides is 1. The molecule has 0 spiro atoms. The Bertz CT molecular complexity index is 576. The Kier molecular flexibility index (Phi) is 5.23. The number of carbonyl (C=O) groups is 2. The van der Waals surface area contributed by atoms with Crippen molar-refractivity contribution in [1.29, 1.82) is 0 Å². The first-order valence-corrected chi connectivity index (χ1v) is 5.61. The molecule has 20 heavy (non-hydrogen) atoms. The van der Waals surface area contributed by atoms with Crippen molar-refractivity contribution in [3.63, 3.8) is 0 Å². The quantitative estimate of drug-likeness (QED) is 0.468. The molecule has 0 bridgehead atoms. The van der Waals surface area contributed by atoms with Gasteiger partial charge in [-0.05, 0) is 0 Å². The number of rotatable bonds is 6. The first-order valence-electron chi connectivity index (χ1n) is 5.61. The van der Waals surface area contributed by atoms with E-state index in [1.807, 2.05) is 0 Å². The van der Waals surface area contributed by atoms with Crippen LogP contribution < -0.4 is 0 Å². The molecule has 0 aliphatic heterocycles. The minimum Gasteiger partial charge on any atom is -0.480 e. The van der Waals surface area contributed by atoms with Crippen LogP contribution in [0.4, 0.5) is 5.69 Å². The first kappa shape index (κ1) is 15.2. The number of hydrogen-bond acceptors (Lipinski definition) is 4. The molecule has 0 aromatic heterocycles. The fraction of sp³-hybridized carbons (Fsp3) is 0.231. The summed E-state index contributed by atoms with van der Waals surface area (Å²) in [5.41, 5.74) is 0.0340. The van der Waals surface area contributed by atoms with E-state index in [1.54, 1.807) is 6.07 Å². The lowest BCUT2D eigenvalue weighted by Crippen LogP contribution is -2.37. The van der Waals surface area contributed by atoms with Gasteiger partial charge >= 0.3 is 5.97 Å². The summed E-state index contributed by atoms with van der Waals surface area (Å²) in [5, 5.41) is 19.5. The lowest BCUT2D eigenvalue weighted by Gasteiger charge is -2.17. The topological polar surface area (TPSA) is 101 Å². The molecule has 1 aromatic rings. The van der Waals surface area contributed by atoms with E-state index in [2.05, 4.69) is 5.92 Å². The molecule has 0 saturated heterocycles. The largest absolute Gasteiger partial charge is 0.480 e. The van der Waals surface area contributed by atoms with Crippen LogP contribution in [0.15, 0.2) is 24.3 Å². The van der Waals surface area contributed by atoms with Crippen LogP contribution in [0.1, 0.15) is 5.56 Å². The van der Waals surface area contributed by atoms with Crippen molar-refractivity contribution in [3.05, 3.63) is 39.9 Å². The molecule has 0 fully saturated rings. The number of benzene rings is 1. The Hall–Kier alpha value is -2.88. The molecular formula is C13H12N2O5. The zero-order valence-corrected chi connectivity index (χ0v) is 10.5. The fourth-order valence-electron chi connectivity index (χ4n) is 1.62. The van der Waals surface area contributed by atoms with Crippen molar-refractivity contribution < 1.29 is 19.6 Å². The second-order valence-electron chi connectivity index (χ2n) is 3.91. The van der Waals surface area contributed by atoms with Gasteiger partial charge in [0.25, 0.3) is 5.69 Å². The van der Waals surface area contributed by atoms with Gasteiger partial charge in [-0.2, -0.15) is 0 Å². The van der Waals surface area contributed by atoms with Crippen LogP contribution in [-0.4, -0.2) is 39.9 Å². The summed E-state index contributed by atoms with van der Waals surface area (Å²) in [6.07, 6.45) is 4.80. The highest BCUT2D eigenvalue weighted by atomic mass is 16.6. The van der Waals surface area contributed by atoms with Gasteiger partial charge in [-0.15, -0.1) is 6.42 Å². The van der Waals surface area contributed by atoms with Crippen LogP contribution in [0.5, 0.6) is 0 Å². The molecule has 1 aromatic carbocycles. The summed E-state index contributed by atoms with van der Waals surface area (Å²) in [5.74, 6) is 0.417. The number of nitro benzene ring substituents is 1. The number of hydrogen-bond donors (Lipinski definition) is 1. The number of carboxylic acid groups (broad SMARTS) is 1. The highest BCUT2D eigenvalue weighted by molar-refractivity contribution is 5.84. The van der Waals surface area contributed by atoms with E-state index in [9.17, 15) is 19.7 Å². The van der Waals surface area contributed by atoms with Crippen molar-refractivity contribution in [3.8, 4) is 12.3 Å². The fourth-order valence-corrected chi connectivity index (χ4v) is 1.62. The van der Waals surface area contributed by atoms with Gasteiger partial charge in [0.15, 0.2) is 0 Å². The van der Waals surface area contributed by atoms with Crippen LogP contribution in [-0.2, 0) is 16.0 Å². The SMILES string of the molecule is C#CCN(CC(=O)O)C(=O)Cc1ccccc1[N+](=O)[O-]. The molecule has 7 heteroatoms. The van der Waals surface area contributed by atoms with Crippen molar-refractivity contribution in [2.75, 3.05) is 13.1 Å². The summed E-state index contributed by atoms with van der Waals surface area (Å²) in [6.45, 7) is -0.699. The lowest BCUT2D eigenvalue weighted by molar-refractivity contribution is -0.385. The third kappa shape index (κ3) is 4.10. The van der Waals surface area contributed by atoms with Gasteiger partial charge < -0.3 is 10.0 Å². The molecule has 0 heterocycles. The van der Waals surface area contributed by atoms with Gasteiger partial charge in [0.2, 0.25) is 5.91 Å². The van der Waals surface area contributed by atoms with Crippen LogP contribution in [0.3, 0.4) is 0 Å². The molecule has 0 aliphatic carbocycles. The van der Waals surface area contributed by atoms with Crippen molar-refractivity contribution in [2.45, 2.75) is 6.42 Å². The number of carbonyl (C=O) groups excluding carboxylic acids is 1. The zero-order valence-electron chi connectivity index (χ0n) is 10.5. The molecule has 1 amide bonds. The number of nitro groups is 1. The third-order valence-corrected chi connectivity index (χ3v) is 2.49. The van der Waals surface area contributed by atoms with Crippen LogP contribution in [0.25, 0.3) is 0 Å². The maximum absolute atomic E-state index is 12.0. The van der Waals surface area contributed by atoms with E-state index < -0.39 is 23.3 Å². The molecule has 1 N–H and O–H groups in total. The molecule has 0 unspecified atom stereocenters. The highest BCUT2D eigenvalue weighted by Gasteiger charge is 2.20. The summed E-state index contributed by atoms with van der Waals surface area (Å²) >= 11 is 0. The maximum atomic E-state index is 12.0. The molecule has 104 valence electrons. The summed E-state index contributed by atoms with van der Waals surface area (Å²) in [7, 11) is 0. The van der Waals surface area contributed by atoms with Gasteiger partial charge in [-0.25, -0.2) is 0 Å². The Morgan fingerprint density at radius 3 is 2.60 bits per heavy atom. The highest BCUT2D eigenvalue weighted by Crippen LogP contribution is 2.18. The van der Waals surface area contributed by atoms with E-state index in [0.29, 0.717) is 0 Å². The van der Waals surface area contributed by atoms with Crippen molar-refractivity contribution in [2.24, 2.45) is 0 Å². The van der Waals surface area contributed by atoms with Crippen molar-refractivity contribution in [1.82, 2.24) is 4.90 Å². The molecule has 0 atom stereocenters. The molecule has 1 rings (SSSR count). The Morgan fingerprint density at radius 2 is 2.05 bits per heavy atom. The predicted molar refractivity (Wildman–Crippen MR) is 69.8 cm³/mol. The molecular weight excluding hydrogens is 264 g/mol.